The van der Waals surface area contributed by atoms with Crippen LogP contribution in [0, 0.1) is 0 Å². The maximum Gasteiger partial charge on any atom is 0.332 e. The maximum absolute atomic E-state index is 14.3. The first kappa shape index (κ1) is 22.5. The predicted molar refractivity (Wildman–Crippen MR) is 137 cm³/mol. The lowest BCUT2D eigenvalue weighted by molar-refractivity contribution is -0.0125. The van der Waals surface area contributed by atoms with Gasteiger partial charge in [0.1, 0.15) is 5.54 Å². The van der Waals surface area contributed by atoms with Crippen LogP contribution in [0.4, 0.5) is 16.2 Å². The fraction of sp³-hybridized carbons (Fsp3) is 0.107. The van der Waals surface area contributed by atoms with Crippen LogP contribution in [0.2, 0.25) is 10.0 Å². The fourth-order valence-electron chi connectivity index (χ4n) is 4.82. The van der Waals surface area contributed by atoms with E-state index in [2.05, 4.69) is 0 Å². The molecule has 170 valence electrons. The number of nitrogens with zero attached hydrogens (tertiary/aromatic N) is 2. The molecular weight excluding hydrogens is 467 g/mol. The molecule has 0 aliphatic carbocycles. The average Bonchev–Trinajstić information content (AvgIpc) is 3.05. The Hall–Kier alpha value is -3.31. The SMILES string of the molecule is C[C@@]1(c2ccccc2)N(c2ccc(Cl)cc2)C(=O)N(c2ccc(Cl)cc2)C1(O)c1ccccc1. The highest BCUT2D eigenvalue weighted by atomic mass is 35.5. The highest BCUT2D eigenvalue weighted by molar-refractivity contribution is 6.31. The number of hydrogen-bond donors (Lipinski definition) is 1. The zero-order valence-electron chi connectivity index (χ0n) is 18.4. The van der Waals surface area contributed by atoms with Crippen LogP contribution < -0.4 is 9.80 Å². The molecule has 0 saturated carbocycles. The van der Waals surface area contributed by atoms with Gasteiger partial charge in [-0.2, -0.15) is 0 Å². The van der Waals surface area contributed by atoms with Gasteiger partial charge in [0.2, 0.25) is 5.72 Å². The highest BCUT2D eigenvalue weighted by Crippen LogP contribution is 2.55. The molecule has 0 spiro atoms. The second-order valence-electron chi connectivity index (χ2n) is 8.38. The quantitative estimate of drug-likeness (QED) is 0.330. The van der Waals surface area contributed by atoms with E-state index in [9.17, 15) is 9.90 Å². The summed E-state index contributed by atoms with van der Waals surface area (Å²) in [6.07, 6.45) is 0. The van der Waals surface area contributed by atoms with Gasteiger partial charge in [0.15, 0.2) is 0 Å². The van der Waals surface area contributed by atoms with Crippen LogP contribution in [0.25, 0.3) is 0 Å². The third kappa shape index (κ3) is 3.30. The number of aliphatic hydroxyl groups is 1. The number of amides is 2. The summed E-state index contributed by atoms with van der Waals surface area (Å²) in [6, 6.07) is 32.4. The zero-order chi connectivity index (χ0) is 23.9. The molecule has 0 aromatic heterocycles. The second-order valence-corrected chi connectivity index (χ2v) is 9.26. The molecule has 1 aliphatic heterocycles. The van der Waals surface area contributed by atoms with Crippen molar-refractivity contribution in [3.63, 3.8) is 0 Å². The van der Waals surface area contributed by atoms with E-state index in [-0.39, 0.29) is 6.03 Å². The number of anilines is 2. The summed E-state index contributed by atoms with van der Waals surface area (Å²) >= 11 is 12.3. The van der Waals surface area contributed by atoms with Crippen LogP contribution in [0.3, 0.4) is 0 Å². The molecule has 2 amide bonds. The molecule has 1 aliphatic rings. The first-order chi connectivity index (χ1) is 16.4. The molecule has 5 rings (SSSR count). The van der Waals surface area contributed by atoms with E-state index >= 15 is 0 Å². The molecule has 1 N–H and O–H groups in total. The smallest absolute Gasteiger partial charge is 0.332 e. The Morgan fingerprint density at radius 1 is 0.618 bits per heavy atom. The van der Waals surface area contributed by atoms with Crippen LogP contribution in [-0.4, -0.2) is 11.1 Å². The fourth-order valence-corrected chi connectivity index (χ4v) is 5.08. The molecule has 2 atom stereocenters. The molecule has 4 aromatic rings. The molecule has 0 radical (unpaired) electrons. The third-order valence-corrected chi connectivity index (χ3v) is 7.02. The number of halogens is 2. The van der Waals surface area contributed by atoms with Gasteiger partial charge in [-0.15, -0.1) is 0 Å². The van der Waals surface area contributed by atoms with E-state index in [4.69, 9.17) is 23.2 Å². The molecule has 6 heteroatoms. The van der Waals surface area contributed by atoms with Gasteiger partial charge in [0.05, 0.1) is 0 Å². The Balaban J connectivity index is 1.85. The second kappa shape index (κ2) is 8.48. The van der Waals surface area contributed by atoms with E-state index in [0.717, 1.165) is 5.56 Å². The molecule has 4 aromatic carbocycles. The number of benzene rings is 4. The van der Waals surface area contributed by atoms with Gasteiger partial charge in [0.25, 0.3) is 0 Å². The largest absolute Gasteiger partial charge is 0.364 e. The summed E-state index contributed by atoms with van der Waals surface area (Å²) in [5.41, 5.74) is -0.464. The first-order valence-electron chi connectivity index (χ1n) is 10.9. The summed E-state index contributed by atoms with van der Waals surface area (Å²) in [6.45, 7) is 1.89. The van der Waals surface area contributed by atoms with Crippen LogP contribution in [0.1, 0.15) is 18.1 Å². The van der Waals surface area contributed by atoms with Crippen molar-refractivity contribution in [3.8, 4) is 0 Å². The lowest BCUT2D eigenvalue weighted by atomic mass is 9.76. The summed E-state index contributed by atoms with van der Waals surface area (Å²) in [4.78, 5) is 17.4. The van der Waals surface area contributed by atoms with Crippen LogP contribution in [0.15, 0.2) is 109 Å². The van der Waals surface area contributed by atoms with Crippen molar-refractivity contribution < 1.29 is 9.90 Å². The standard InChI is InChI=1S/C28H22Cl2N2O2/c1-27(20-8-4-2-5-9-20)28(34,21-10-6-3-7-11-21)32(25-18-14-23(30)15-19-25)26(33)31(27)24-16-12-22(29)13-17-24/h2-19,34H,1H3/t27-,28?/m0/s1. The van der Waals surface area contributed by atoms with E-state index < -0.39 is 11.3 Å². The van der Waals surface area contributed by atoms with Crippen molar-refractivity contribution in [2.45, 2.75) is 18.2 Å². The molecule has 1 saturated heterocycles. The Morgan fingerprint density at radius 3 is 1.50 bits per heavy atom. The van der Waals surface area contributed by atoms with Crippen molar-refractivity contribution in [2.24, 2.45) is 0 Å². The molecule has 34 heavy (non-hydrogen) atoms. The van der Waals surface area contributed by atoms with Gasteiger partial charge < -0.3 is 5.11 Å². The normalized spacial score (nSPS) is 22.3. The third-order valence-electron chi connectivity index (χ3n) is 6.51. The van der Waals surface area contributed by atoms with Crippen molar-refractivity contribution in [3.05, 3.63) is 130 Å². The Morgan fingerprint density at radius 2 is 1.03 bits per heavy atom. The van der Waals surface area contributed by atoms with Gasteiger partial charge in [-0.3, -0.25) is 9.80 Å². The number of rotatable bonds is 4. The van der Waals surface area contributed by atoms with Gasteiger partial charge in [-0.05, 0) is 61.0 Å². The molecule has 4 nitrogen and oxygen atoms in total. The summed E-state index contributed by atoms with van der Waals surface area (Å²) in [5, 5.41) is 13.9. The van der Waals surface area contributed by atoms with E-state index in [1.54, 1.807) is 53.4 Å². The minimum Gasteiger partial charge on any atom is -0.364 e. The minimum atomic E-state index is -1.76. The number of urea groups is 1. The number of hydrogen-bond acceptors (Lipinski definition) is 2. The summed E-state index contributed by atoms with van der Waals surface area (Å²) in [7, 11) is 0. The highest BCUT2D eigenvalue weighted by Gasteiger charge is 2.67. The topological polar surface area (TPSA) is 43.8 Å². The van der Waals surface area contributed by atoms with Crippen LogP contribution in [0.5, 0.6) is 0 Å². The summed E-state index contributed by atoms with van der Waals surface area (Å²) in [5.74, 6) is 0. The lowest BCUT2D eigenvalue weighted by Crippen LogP contribution is -2.56. The number of carbonyl (C=O) groups is 1. The number of carbonyl (C=O) groups excluding carboxylic acids is 1. The summed E-state index contributed by atoms with van der Waals surface area (Å²) < 4.78 is 0. The lowest BCUT2D eigenvalue weighted by Gasteiger charge is -2.45. The van der Waals surface area contributed by atoms with Crippen molar-refractivity contribution in [1.29, 1.82) is 0 Å². The first-order valence-corrected chi connectivity index (χ1v) is 11.6. The monoisotopic (exact) mass is 488 g/mol. The molecule has 1 fully saturated rings. The minimum absolute atomic E-state index is 0.373. The molecular formula is C28H22Cl2N2O2. The Labute approximate surface area is 208 Å². The van der Waals surface area contributed by atoms with Crippen molar-refractivity contribution >= 4 is 40.6 Å². The van der Waals surface area contributed by atoms with Gasteiger partial charge in [-0.25, -0.2) is 4.79 Å². The van der Waals surface area contributed by atoms with Gasteiger partial charge >= 0.3 is 6.03 Å². The Kier molecular flexibility index (Phi) is 5.61. The van der Waals surface area contributed by atoms with Gasteiger partial charge in [-0.1, -0.05) is 83.9 Å². The van der Waals surface area contributed by atoms with Crippen molar-refractivity contribution in [2.75, 3.05) is 9.80 Å². The van der Waals surface area contributed by atoms with E-state index in [1.165, 1.54) is 4.90 Å². The van der Waals surface area contributed by atoms with Crippen LogP contribution >= 0.6 is 23.2 Å². The van der Waals surface area contributed by atoms with Gasteiger partial charge in [0, 0.05) is 27.0 Å². The average molecular weight is 489 g/mol. The van der Waals surface area contributed by atoms with Crippen LogP contribution in [-0.2, 0) is 11.3 Å². The molecule has 0 bridgehead atoms. The molecule has 1 heterocycles. The molecule has 1 unspecified atom stereocenters. The maximum atomic E-state index is 14.3. The van der Waals surface area contributed by atoms with E-state index in [1.807, 2.05) is 67.6 Å². The zero-order valence-corrected chi connectivity index (χ0v) is 19.9. The van der Waals surface area contributed by atoms with E-state index in [0.29, 0.717) is 27.0 Å². The predicted octanol–water partition coefficient (Wildman–Crippen LogP) is 7.20. The van der Waals surface area contributed by atoms with Crippen molar-refractivity contribution in [1.82, 2.24) is 0 Å². The Bertz CT molecular complexity index is 1210.